The SMILES string of the molecule is Cc1cn(CCc2nccn2C)nc1I. The van der Waals surface area contributed by atoms with Crippen LogP contribution >= 0.6 is 22.6 Å². The normalized spacial score (nSPS) is 10.9. The molecule has 0 saturated carbocycles. The van der Waals surface area contributed by atoms with E-state index in [4.69, 9.17) is 0 Å². The molecule has 2 rings (SSSR count). The van der Waals surface area contributed by atoms with E-state index in [1.54, 1.807) is 0 Å². The van der Waals surface area contributed by atoms with E-state index in [-0.39, 0.29) is 0 Å². The number of aromatic nitrogens is 4. The summed E-state index contributed by atoms with van der Waals surface area (Å²) in [5.74, 6) is 1.10. The molecule has 0 bridgehead atoms. The summed E-state index contributed by atoms with van der Waals surface area (Å²) < 4.78 is 5.10. The van der Waals surface area contributed by atoms with Crippen LogP contribution in [-0.4, -0.2) is 19.3 Å². The zero-order valence-corrected chi connectivity index (χ0v) is 11.0. The first kappa shape index (κ1) is 10.7. The highest BCUT2D eigenvalue weighted by molar-refractivity contribution is 14.1. The van der Waals surface area contributed by atoms with Gasteiger partial charge in [0.2, 0.25) is 0 Å². The Morgan fingerprint density at radius 2 is 2.27 bits per heavy atom. The molecule has 2 aromatic rings. The summed E-state index contributed by atoms with van der Waals surface area (Å²) >= 11 is 2.25. The first-order chi connectivity index (χ1) is 7.16. The van der Waals surface area contributed by atoms with Crippen molar-refractivity contribution < 1.29 is 0 Å². The molecule has 0 saturated heterocycles. The number of hydrogen-bond donors (Lipinski definition) is 0. The number of imidazole rings is 1. The Labute approximate surface area is 102 Å². The number of hydrogen-bond acceptors (Lipinski definition) is 2. The lowest BCUT2D eigenvalue weighted by molar-refractivity contribution is 0.586. The number of halogens is 1. The van der Waals surface area contributed by atoms with E-state index in [9.17, 15) is 0 Å². The van der Waals surface area contributed by atoms with Crippen molar-refractivity contribution in [1.29, 1.82) is 0 Å². The Balaban J connectivity index is 2.02. The van der Waals surface area contributed by atoms with Gasteiger partial charge in [-0.1, -0.05) is 0 Å². The van der Waals surface area contributed by atoms with Crippen molar-refractivity contribution in [3.8, 4) is 0 Å². The first-order valence-electron chi connectivity index (χ1n) is 4.82. The molecule has 0 unspecified atom stereocenters. The van der Waals surface area contributed by atoms with Crippen LogP contribution in [0.25, 0.3) is 0 Å². The second-order valence-electron chi connectivity index (χ2n) is 3.57. The molecular formula is C10H13IN4. The minimum absolute atomic E-state index is 0.884. The van der Waals surface area contributed by atoms with Gasteiger partial charge in [-0.2, -0.15) is 5.10 Å². The molecule has 0 radical (unpaired) electrons. The second kappa shape index (κ2) is 4.34. The summed E-state index contributed by atoms with van der Waals surface area (Å²) in [6, 6.07) is 0. The summed E-state index contributed by atoms with van der Waals surface area (Å²) in [5.41, 5.74) is 1.23. The van der Waals surface area contributed by atoms with Gasteiger partial charge in [0.05, 0.1) is 0 Å². The molecule has 0 fully saturated rings. The maximum absolute atomic E-state index is 4.41. The summed E-state index contributed by atoms with van der Waals surface area (Å²) in [6.45, 7) is 2.96. The van der Waals surface area contributed by atoms with E-state index in [1.807, 2.05) is 28.7 Å². The molecule has 80 valence electrons. The van der Waals surface area contributed by atoms with Crippen LogP contribution in [0.2, 0.25) is 0 Å². The summed E-state index contributed by atoms with van der Waals surface area (Å²) in [4.78, 5) is 4.28. The number of rotatable bonds is 3. The molecule has 0 atom stereocenters. The van der Waals surface area contributed by atoms with Crippen LogP contribution in [-0.2, 0) is 20.0 Å². The highest BCUT2D eigenvalue weighted by Crippen LogP contribution is 2.08. The molecule has 0 N–H and O–H groups in total. The maximum Gasteiger partial charge on any atom is 0.126 e. The van der Waals surface area contributed by atoms with Crippen molar-refractivity contribution in [1.82, 2.24) is 19.3 Å². The fourth-order valence-corrected chi connectivity index (χ4v) is 1.88. The molecule has 0 aliphatic carbocycles. The fourth-order valence-electron chi connectivity index (χ4n) is 1.46. The Bertz CT molecular complexity index is 438. The van der Waals surface area contributed by atoms with Gasteiger partial charge >= 0.3 is 0 Å². The first-order valence-corrected chi connectivity index (χ1v) is 5.90. The zero-order valence-electron chi connectivity index (χ0n) is 8.81. The molecule has 5 heteroatoms. The predicted octanol–water partition coefficient (Wildman–Crippen LogP) is 1.77. The van der Waals surface area contributed by atoms with Crippen molar-refractivity contribution >= 4 is 22.6 Å². The van der Waals surface area contributed by atoms with Crippen LogP contribution < -0.4 is 0 Å². The number of nitrogens with zero attached hydrogens (tertiary/aromatic N) is 4. The van der Waals surface area contributed by atoms with Crippen molar-refractivity contribution in [2.75, 3.05) is 0 Å². The molecule has 0 aromatic carbocycles. The summed E-state index contributed by atoms with van der Waals surface area (Å²) in [7, 11) is 2.01. The maximum atomic E-state index is 4.41. The van der Waals surface area contributed by atoms with E-state index in [1.165, 1.54) is 5.56 Å². The van der Waals surface area contributed by atoms with E-state index in [0.29, 0.717) is 0 Å². The van der Waals surface area contributed by atoms with Gasteiger partial charge in [0.25, 0.3) is 0 Å². The van der Waals surface area contributed by atoms with Crippen LogP contribution in [0.4, 0.5) is 0 Å². The zero-order chi connectivity index (χ0) is 10.8. The molecule has 15 heavy (non-hydrogen) atoms. The van der Waals surface area contributed by atoms with E-state index >= 15 is 0 Å². The van der Waals surface area contributed by atoms with Gasteiger partial charge in [0.15, 0.2) is 0 Å². The van der Waals surface area contributed by atoms with E-state index in [2.05, 4.69) is 45.8 Å². The number of aryl methyl sites for hydroxylation is 4. The largest absolute Gasteiger partial charge is 0.338 e. The van der Waals surface area contributed by atoms with Gasteiger partial charge in [-0.3, -0.25) is 4.68 Å². The van der Waals surface area contributed by atoms with Crippen LogP contribution in [0.15, 0.2) is 18.6 Å². The topological polar surface area (TPSA) is 35.6 Å². The molecule has 0 amide bonds. The fraction of sp³-hybridized carbons (Fsp3) is 0.400. The van der Waals surface area contributed by atoms with Gasteiger partial charge in [-0.05, 0) is 29.5 Å². The van der Waals surface area contributed by atoms with Crippen LogP contribution in [0.5, 0.6) is 0 Å². The average molecular weight is 316 g/mol. The quantitative estimate of drug-likeness (QED) is 0.809. The van der Waals surface area contributed by atoms with Crippen LogP contribution in [0.3, 0.4) is 0 Å². The third kappa shape index (κ3) is 2.39. The molecule has 0 aliphatic heterocycles. The molecule has 2 aromatic heterocycles. The van der Waals surface area contributed by atoms with Crippen molar-refractivity contribution in [3.05, 3.63) is 33.7 Å². The predicted molar refractivity (Wildman–Crippen MR) is 66.6 cm³/mol. The van der Waals surface area contributed by atoms with Crippen molar-refractivity contribution in [2.45, 2.75) is 19.9 Å². The second-order valence-corrected chi connectivity index (χ2v) is 4.59. The van der Waals surface area contributed by atoms with Gasteiger partial charge in [-0.25, -0.2) is 4.98 Å². The highest BCUT2D eigenvalue weighted by atomic mass is 127. The lowest BCUT2D eigenvalue weighted by Crippen LogP contribution is -2.06. The Kier molecular flexibility index (Phi) is 3.08. The lowest BCUT2D eigenvalue weighted by atomic mass is 10.4. The molecule has 4 nitrogen and oxygen atoms in total. The van der Waals surface area contributed by atoms with E-state index in [0.717, 1.165) is 22.5 Å². The minimum Gasteiger partial charge on any atom is -0.338 e. The third-order valence-corrected chi connectivity index (χ3v) is 3.44. The average Bonchev–Trinajstić information content (AvgIpc) is 2.72. The Morgan fingerprint density at radius 3 is 2.80 bits per heavy atom. The van der Waals surface area contributed by atoms with E-state index < -0.39 is 0 Å². The molecular weight excluding hydrogens is 303 g/mol. The Morgan fingerprint density at radius 1 is 1.47 bits per heavy atom. The Hall–Kier alpha value is -0.850. The van der Waals surface area contributed by atoms with Crippen LogP contribution in [0, 0.1) is 10.6 Å². The van der Waals surface area contributed by atoms with Crippen LogP contribution in [0.1, 0.15) is 11.4 Å². The molecule has 2 heterocycles. The van der Waals surface area contributed by atoms with Gasteiger partial charge < -0.3 is 4.57 Å². The standard InChI is InChI=1S/C10H13IN4/c1-8-7-15(13-10(8)11)5-3-9-12-4-6-14(9)2/h4,6-7H,3,5H2,1-2H3. The highest BCUT2D eigenvalue weighted by Gasteiger charge is 2.03. The minimum atomic E-state index is 0.884. The molecule has 0 aliphatic rings. The monoisotopic (exact) mass is 316 g/mol. The van der Waals surface area contributed by atoms with Gasteiger partial charge in [0.1, 0.15) is 9.53 Å². The smallest absolute Gasteiger partial charge is 0.126 e. The summed E-state index contributed by atoms with van der Waals surface area (Å²) in [5, 5.41) is 4.41. The van der Waals surface area contributed by atoms with Crippen molar-refractivity contribution in [3.63, 3.8) is 0 Å². The van der Waals surface area contributed by atoms with Crippen molar-refractivity contribution in [2.24, 2.45) is 7.05 Å². The molecule has 0 spiro atoms. The lowest BCUT2D eigenvalue weighted by Gasteiger charge is -2.01. The van der Waals surface area contributed by atoms with Gasteiger partial charge in [0, 0.05) is 44.2 Å². The third-order valence-electron chi connectivity index (χ3n) is 2.37. The van der Waals surface area contributed by atoms with Gasteiger partial charge in [-0.15, -0.1) is 0 Å². The summed E-state index contributed by atoms with van der Waals surface area (Å²) in [6.07, 6.45) is 6.78.